The minimum atomic E-state index is -0.661. The number of halogens is 2. The third-order valence-electron chi connectivity index (χ3n) is 2.25. The Kier molecular flexibility index (Phi) is 3.82. The topological polar surface area (TPSA) is 80.7 Å². The van der Waals surface area contributed by atoms with Crippen molar-refractivity contribution >= 4 is 17.4 Å². The number of rotatable bonds is 3. The Morgan fingerprint density at radius 2 is 2.21 bits per heavy atom. The van der Waals surface area contributed by atoms with Crippen LogP contribution in [0, 0.1) is 5.82 Å². The number of ether oxygens (including phenoxy) is 1. The minimum absolute atomic E-state index is 0.0239. The van der Waals surface area contributed by atoms with Gasteiger partial charge in [-0.2, -0.15) is 0 Å². The maximum absolute atomic E-state index is 13.7. The SMILES string of the molecule is N/C(=N/O)c1cc(Oc2cccc(Cl)c2F)ccn1. The summed E-state index contributed by atoms with van der Waals surface area (Å²) in [5, 5.41) is 11.3. The van der Waals surface area contributed by atoms with Crippen LogP contribution in [-0.4, -0.2) is 16.0 Å². The minimum Gasteiger partial charge on any atom is -0.454 e. The average Bonchev–Trinajstić information content (AvgIpc) is 2.43. The monoisotopic (exact) mass is 281 g/mol. The van der Waals surface area contributed by atoms with Crippen molar-refractivity contribution in [1.82, 2.24) is 4.98 Å². The zero-order valence-electron chi connectivity index (χ0n) is 9.55. The van der Waals surface area contributed by atoms with Gasteiger partial charge < -0.3 is 15.7 Å². The molecule has 0 fully saturated rings. The van der Waals surface area contributed by atoms with Gasteiger partial charge in [-0.1, -0.05) is 22.8 Å². The maximum Gasteiger partial charge on any atom is 0.188 e. The van der Waals surface area contributed by atoms with Crippen molar-refractivity contribution in [1.29, 1.82) is 0 Å². The lowest BCUT2D eigenvalue weighted by Gasteiger charge is -2.08. The molecule has 2 rings (SSSR count). The average molecular weight is 282 g/mol. The molecule has 0 radical (unpaired) electrons. The highest BCUT2D eigenvalue weighted by atomic mass is 35.5. The van der Waals surface area contributed by atoms with Crippen LogP contribution in [0.2, 0.25) is 5.02 Å². The first-order valence-corrected chi connectivity index (χ1v) is 5.55. The van der Waals surface area contributed by atoms with Crippen LogP contribution in [-0.2, 0) is 0 Å². The van der Waals surface area contributed by atoms with E-state index < -0.39 is 5.82 Å². The lowest BCUT2D eigenvalue weighted by Crippen LogP contribution is -2.14. The van der Waals surface area contributed by atoms with Crippen molar-refractivity contribution < 1.29 is 14.3 Å². The van der Waals surface area contributed by atoms with Gasteiger partial charge in [0.1, 0.15) is 11.4 Å². The molecule has 0 amide bonds. The van der Waals surface area contributed by atoms with Crippen molar-refractivity contribution in [2.75, 3.05) is 0 Å². The summed E-state index contributed by atoms with van der Waals surface area (Å²) in [5.74, 6) is -0.565. The molecule has 0 atom stereocenters. The van der Waals surface area contributed by atoms with Gasteiger partial charge in [0.25, 0.3) is 0 Å². The summed E-state index contributed by atoms with van der Waals surface area (Å²) in [7, 11) is 0. The zero-order valence-corrected chi connectivity index (χ0v) is 10.3. The predicted octanol–water partition coefficient (Wildman–Crippen LogP) is 2.76. The lowest BCUT2D eigenvalue weighted by molar-refractivity contribution is 0.318. The first-order valence-electron chi connectivity index (χ1n) is 5.17. The highest BCUT2D eigenvalue weighted by Gasteiger charge is 2.09. The Labute approximate surface area is 113 Å². The maximum atomic E-state index is 13.7. The van der Waals surface area contributed by atoms with Gasteiger partial charge in [-0.25, -0.2) is 4.39 Å². The van der Waals surface area contributed by atoms with Gasteiger partial charge >= 0.3 is 0 Å². The van der Waals surface area contributed by atoms with Gasteiger partial charge in [0.2, 0.25) is 0 Å². The molecule has 0 spiro atoms. The number of benzene rings is 1. The molecule has 1 heterocycles. The number of hydrogen-bond donors (Lipinski definition) is 2. The summed E-state index contributed by atoms with van der Waals surface area (Å²) in [6, 6.07) is 7.33. The van der Waals surface area contributed by atoms with Gasteiger partial charge in [0.15, 0.2) is 17.4 Å². The van der Waals surface area contributed by atoms with Crippen molar-refractivity contribution in [3.05, 3.63) is 53.1 Å². The molecule has 1 aromatic heterocycles. The van der Waals surface area contributed by atoms with Crippen LogP contribution in [0.5, 0.6) is 11.5 Å². The quantitative estimate of drug-likeness (QED) is 0.392. The number of pyridine rings is 1. The van der Waals surface area contributed by atoms with Gasteiger partial charge in [-0.3, -0.25) is 4.98 Å². The zero-order chi connectivity index (χ0) is 13.8. The van der Waals surface area contributed by atoms with E-state index in [1.807, 2.05) is 0 Å². The van der Waals surface area contributed by atoms with Crippen LogP contribution in [0.25, 0.3) is 0 Å². The fraction of sp³-hybridized carbons (Fsp3) is 0. The van der Waals surface area contributed by atoms with E-state index in [0.717, 1.165) is 0 Å². The Morgan fingerprint density at radius 1 is 1.42 bits per heavy atom. The highest BCUT2D eigenvalue weighted by Crippen LogP contribution is 2.28. The van der Waals surface area contributed by atoms with E-state index in [-0.39, 0.29) is 28.1 Å². The van der Waals surface area contributed by atoms with Crippen LogP contribution in [0.4, 0.5) is 4.39 Å². The van der Waals surface area contributed by atoms with Crippen molar-refractivity contribution in [3.8, 4) is 11.5 Å². The fourth-order valence-electron chi connectivity index (χ4n) is 1.36. The molecular weight excluding hydrogens is 273 g/mol. The lowest BCUT2D eigenvalue weighted by atomic mass is 10.3. The summed E-state index contributed by atoms with van der Waals surface area (Å²) in [6.45, 7) is 0. The second-order valence-electron chi connectivity index (χ2n) is 3.52. The van der Waals surface area contributed by atoms with Crippen LogP contribution >= 0.6 is 11.6 Å². The molecule has 0 bridgehead atoms. The molecule has 0 saturated heterocycles. The second kappa shape index (κ2) is 5.53. The predicted molar refractivity (Wildman–Crippen MR) is 68.2 cm³/mol. The van der Waals surface area contributed by atoms with Crippen LogP contribution in [0.1, 0.15) is 5.69 Å². The molecule has 19 heavy (non-hydrogen) atoms. The number of oxime groups is 1. The molecule has 0 aliphatic heterocycles. The highest BCUT2D eigenvalue weighted by molar-refractivity contribution is 6.30. The Morgan fingerprint density at radius 3 is 2.95 bits per heavy atom. The first-order chi connectivity index (χ1) is 9.11. The van der Waals surface area contributed by atoms with Crippen LogP contribution in [0.15, 0.2) is 41.7 Å². The normalized spacial score (nSPS) is 11.4. The molecule has 0 unspecified atom stereocenters. The fourth-order valence-corrected chi connectivity index (χ4v) is 1.52. The molecule has 3 N–H and O–H groups in total. The van der Waals surface area contributed by atoms with Gasteiger partial charge in [0.05, 0.1) is 5.02 Å². The molecule has 2 aromatic rings. The molecule has 5 nitrogen and oxygen atoms in total. The van der Waals surface area contributed by atoms with E-state index in [1.54, 1.807) is 6.07 Å². The number of nitrogens with zero attached hydrogens (tertiary/aromatic N) is 2. The van der Waals surface area contributed by atoms with E-state index in [9.17, 15) is 4.39 Å². The summed E-state index contributed by atoms with van der Waals surface area (Å²) in [4.78, 5) is 3.88. The van der Waals surface area contributed by atoms with Crippen molar-refractivity contribution in [3.63, 3.8) is 0 Å². The van der Waals surface area contributed by atoms with Crippen molar-refractivity contribution in [2.45, 2.75) is 0 Å². The van der Waals surface area contributed by atoms with E-state index >= 15 is 0 Å². The Hall–Kier alpha value is -2.34. The number of hydrogen-bond acceptors (Lipinski definition) is 4. The van der Waals surface area contributed by atoms with E-state index in [2.05, 4.69) is 10.1 Å². The van der Waals surface area contributed by atoms with Gasteiger partial charge in [-0.05, 0) is 18.2 Å². The molecule has 1 aromatic carbocycles. The smallest absolute Gasteiger partial charge is 0.188 e. The molecule has 98 valence electrons. The Bertz CT molecular complexity index is 634. The summed E-state index contributed by atoms with van der Waals surface area (Å²) >= 11 is 5.64. The van der Waals surface area contributed by atoms with E-state index in [1.165, 1.54) is 30.5 Å². The van der Waals surface area contributed by atoms with E-state index in [4.69, 9.17) is 27.3 Å². The Balaban J connectivity index is 2.31. The van der Waals surface area contributed by atoms with Gasteiger partial charge in [-0.15, -0.1) is 0 Å². The van der Waals surface area contributed by atoms with Crippen molar-refractivity contribution in [2.24, 2.45) is 10.9 Å². The number of nitrogens with two attached hydrogens (primary N) is 1. The number of aromatic nitrogens is 1. The molecule has 0 aliphatic rings. The standard InChI is InChI=1S/C12H9ClFN3O2/c13-8-2-1-3-10(11(8)14)19-7-4-5-16-9(6-7)12(15)17-18/h1-6,18H,(H2,15,17). The number of amidine groups is 1. The molecule has 0 aliphatic carbocycles. The third kappa shape index (κ3) is 2.92. The largest absolute Gasteiger partial charge is 0.454 e. The van der Waals surface area contributed by atoms with Crippen LogP contribution in [0.3, 0.4) is 0 Å². The summed E-state index contributed by atoms with van der Waals surface area (Å²) < 4.78 is 19.0. The summed E-state index contributed by atoms with van der Waals surface area (Å²) in [5.41, 5.74) is 5.61. The summed E-state index contributed by atoms with van der Waals surface area (Å²) in [6.07, 6.45) is 1.39. The van der Waals surface area contributed by atoms with E-state index in [0.29, 0.717) is 0 Å². The molecule has 0 saturated carbocycles. The van der Waals surface area contributed by atoms with Gasteiger partial charge in [0, 0.05) is 12.3 Å². The molecule has 7 heteroatoms. The first kappa shape index (κ1) is 13.1. The van der Waals surface area contributed by atoms with Crippen LogP contribution < -0.4 is 10.5 Å². The molecular formula is C12H9ClFN3O2. The second-order valence-corrected chi connectivity index (χ2v) is 3.92. The third-order valence-corrected chi connectivity index (χ3v) is 2.54.